The van der Waals surface area contributed by atoms with Crippen molar-refractivity contribution >= 4 is 10.8 Å². The molecule has 2 nitrogen and oxygen atoms in total. The van der Waals surface area contributed by atoms with Gasteiger partial charge >= 0.3 is 0 Å². The Balaban J connectivity index is 2.20. The molecule has 0 aromatic heterocycles. The van der Waals surface area contributed by atoms with E-state index in [2.05, 4.69) is 32.9 Å². The van der Waals surface area contributed by atoms with Crippen molar-refractivity contribution in [3.63, 3.8) is 0 Å². The molecule has 3 aromatic carbocycles. The van der Waals surface area contributed by atoms with Gasteiger partial charge in [0.1, 0.15) is 11.5 Å². The van der Waals surface area contributed by atoms with E-state index in [1.165, 1.54) is 11.1 Å². The minimum Gasteiger partial charge on any atom is -0.507 e. The maximum absolute atomic E-state index is 10.8. The zero-order chi connectivity index (χ0) is 18.4. The van der Waals surface area contributed by atoms with Gasteiger partial charge in [-0.25, -0.2) is 0 Å². The van der Waals surface area contributed by atoms with Crippen molar-refractivity contribution in [3.05, 3.63) is 70.3 Å². The second-order valence-electron chi connectivity index (χ2n) is 7.98. The predicted octanol–water partition coefficient (Wildman–Crippen LogP) is 5.76. The highest BCUT2D eigenvalue weighted by atomic mass is 16.3. The number of fused-ring (bicyclic) bond motifs is 1. The van der Waals surface area contributed by atoms with Crippen LogP contribution in [0.5, 0.6) is 11.5 Å². The molecule has 3 aromatic rings. The van der Waals surface area contributed by atoms with E-state index in [9.17, 15) is 10.2 Å². The second-order valence-corrected chi connectivity index (χ2v) is 7.98. The third-order valence-electron chi connectivity index (χ3n) is 4.86. The average Bonchev–Trinajstić information content (AvgIpc) is 2.54. The Kier molecular flexibility index (Phi) is 4.24. The minimum absolute atomic E-state index is 0.135. The van der Waals surface area contributed by atoms with Crippen molar-refractivity contribution in [2.75, 3.05) is 0 Å². The normalized spacial score (nSPS) is 11.9. The summed E-state index contributed by atoms with van der Waals surface area (Å²) < 4.78 is 0. The molecule has 130 valence electrons. The number of phenolic OH excluding ortho intramolecular Hbond substituents is 2. The summed E-state index contributed by atoms with van der Waals surface area (Å²) in [5.74, 6) is 0.750. The number of hydrogen-bond donors (Lipinski definition) is 2. The van der Waals surface area contributed by atoms with E-state index >= 15 is 0 Å². The van der Waals surface area contributed by atoms with Gasteiger partial charge in [0.15, 0.2) is 0 Å². The molecule has 0 saturated heterocycles. The SMILES string of the molecule is Cc1cc(Cc2cc(C(C)(C)C)c(O)c3ccccc23)cc(C)c1O. The van der Waals surface area contributed by atoms with Crippen LogP contribution in [-0.4, -0.2) is 10.2 Å². The number of hydrogen-bond acceptors (Lipinski definition) is 2. The second kappa shape index (κ2) is 6.11. The van der Waals surface area contributed by atoms with E-state index in [1.54, 1.807) is 0 Å². The molecule has 0 heterocycles. The smallest absolute Gasteiger partial charge is 0.127 e. The molecule has 2 N–H and O–H groups in total. The molecule has 0 radical (unpaired) electrons. The van der Waals surface area contributed by atoms with Gasteiger partial charge in [-0.05, 0) is 53.3 Å². The Morgan fingerprint density at radius 3 is 1.92 bits per heavy atom. The van der Waals surface area contributed by atoms with Crippen LogP contribution in [0.2, 0.25) is 0 Å². The van der Waals surface area contributed by atoms with E-state index in [4.69, 9.17) is 0 Å². The van der Waals surface area contributed by atoms with Crippen LogP contribution in [0.15, 0.2) is 42.5 Å². The molecule has 0 aliphatic heterocycles. The van der Waals surface area contributed by atoms with Gasteiger partial charge in [0.05, 0.1) is 0 Å². The van der Waals surface area contributed by atoms with E-state index in [-0.39, 0.29) is 5.41 Å². The van der Waals surface area contributed by atoms with Gasteiger partial charge in [-0.1, -0.05) is 63.2 Å². The molecule has 0 atom stereocenters. The Morgan fingerprint density at radius 1 is 0.800 bits per heavy atom. The molecule has 0 aliphatic carbocycles. The van der Waals surface area contributed by atoms with E-state index < -0.39 is 0 Å². The van der Waals surface area contributed by atoms with Crippen molar-refractivity contribution < 1.29 is 10.2 Å². The highest BCUT2D eigenvalue weighted by Crippen LogP contribution is 2.39. The van der Waals surface area contributed by atoms with Crippen molar-refractivity contribution in [3.8, 4) is 11.5 Å². The first-order valence-corrected chi connectivity index (χ1v) is 8.71. The van der Waals surface area contributed by atoms with Gasteiger partial charge in [-0.15, -0.1) is 0 Å². The topological polar surface area (TPSA) is 40.5 Å². The summed E-state index contributed by atoms with van der Waals surface area (Å²) in [7, 11) is 0. The lowest BCUT2D eigenvalue weighted by molar-refractivity contribution is 0.452. The molecular formula is C23H26O2. The lowest BCUT2D eigenvalue weighted by atomic mass is 9.82. The first-order chi connectivity index (χ1) is 11.7. The third kappa shape index (κ3) is 3.21. The molecule has 2 heteroatoms. The van der Waals surface area contributed by atoms with Gasteiger partial charge in [0.2, 0.25) is 0 Å². The fourth-order valence-corrected chi connectivity index (χ4v) is 3.52. The summed E-state index contributed by atoms with van der Waals surface area (Å²) in [6, 6.07) is 14.2. The summed E-state index contributed by atoms with van der Waals surface area (Å²) in [6.07, 6.45) is 0.770. The summed E-state index contributed by atoms with van der Waals surface area (Å²) in [4.78, 5) is 0. The van der Waals surface area contributed by atoms with Crippen LogP contribution in [0.3, 0.4) is 0 Å². The van der Waals surface area contributed by atoms with Gasteiger partial charge in [-0.3, -0.25) is 0 Å². The molecule has 0 saturated carbocycles. The quantitative estimate of drug-likeness (QED) is 0.626. The van der Waals surface area contributed by atoms with E-state index in [1.807, 2.05) is 44.2 Å². The number of aromatic hydroxyl groups is 2. The summed E-state index contributed by atoms with van der Waals surface area (Å²) in [6.45, 7) is 10.2. The summed E-state index contributed by atoms with van der Waals surface area (Å²) in [5.41, 5.74) is 4.99. The highest BCUT2D eigenvalue weighted by molar-refractivity contribution is 5.92. The zero-order valence-electron chi connectivity index (χ0n) is 15.6. The Hall–Kier alpha value is -2.48. The van der Waals surface area contributed by atoms with E-state index in [0.29, 0.717) is 11.5 Å². The Labute approximate surface area is 149 Å². The first kappa shape index (κ1) is 17.3. The van der Waals surface area contributed by atoms with Crippen LogP contribution in [0.1, 0.15) is 48.6 Å². The number of benzene rings is 3. The van der Waals surface area contributed by atoms with Crippen LogP contribution in [0, 0.1) is 13.8 Å². The molecule has 0 aliphatic rings. The number of rotatable bonds is 2. The summed E-state index contributed by atoms with van der Waals surface area (Å²) in [5, 5.41) is 22.8. The molecule has 3 rings (SSSR count). The Bertz CT molecular complexity index is 923. The van der Waals surface area contributed by atoms with Crippen molar-refractivity contribution in [2.24, 2.45) is 0 Å². The van der Waals surface area contributed by atoms with Gasteiger partial charge < -0.3 is 10.2 Å². The van der Waals surface area contributed by atoms with Gasteiger partial charge in [0.25, 0.3) is 0 Å². The molecule has 0 bridgehead atoms. The number of aryl methyl sites for hydroxylation is 2. The largest absolute Gasteiger partial charge is 0.507 e. The summed E-state index contributed by atoms with van der Waals surface area (Å²) >= 11 is 0. The molecular weight excluding hydrogens is 308 g/mol. The predicted molar refractivity (Wildman–Crippen MR) is 105 cm³/mol. The molecule has 0 amide bonds. The molecule has 0 fully saturated rings. The van der Waals surface area contributed by atoms with Gasteiger partial charge in [-0.2, -0.15) is 0 Å². The minimum atomic E-state index is -0.135. The monoisotopic (exact) mass is 334 g/mol. The molecule has 25 heavy (non-hydrogen) atoms. The average molecular weight is 334 g/mol. The van der Waals surface area contributed by atoms with Crippen LogP contribution < -0.4 is 0 Å². The van der Waals surface area contributed by atoms with Crippen LogP contribution in [-0.2, 0) is 11.8 Å². The fourth-order valence-electron chi connectivity index (χ4n) is 3.52. The molecule has 0 spiro atoms. The number of phenols is 2. The van der Waals surface area contributed by atoms with Gasteiger partial charge in [0, 0.05) is 10.9 Å². The van der Waals surface area contributed by atoms with Crippen LogP contribution >= 0.6 is 0 Å². The zero-order valence-corrected chi connectivity index (χ0v) is 15.6. The van der Waals surface area contributed by atoms with Crippen molar-refractivity contribution in [2.45, 2.75) is 46.5 Å². The lowest BCUT2D eigenvalue weighted by Gasteiger charge is -2.23. The van der Waals surface area contributed by atoms with Crippen LogP contribution in [0.4, 0.5) is 0 Å². The van der Waals surface area contributed by atoms with Crippen LogP contribution in [0.25, 0.3) is 10.8 Å². The lowest BCUT2D eigenvalue weighted by Crippen LogP contribution is -2.12. The standard InChI is InChI=1S/C23H26O2/c1-14-10-16(11-15(2)21(14)24)12-17-13-20(23(3,4)5)22(25)19-9-7-6-8-18(17)19/h6-11,13,24-25H,12H2,1-5H3. The highest BCUT2D eigenvalue weighted by Gasteiger charge is 2.21. The first-order valence-electron chi connectivity index (χ1n) is 8.71. The maximum atomic E-state index is 10.8. The van der Waals surface area contributed by atoms with E-state index in [0.717, 1.165) is 33.9 Å². The van der Waals surface area contributed by atoms with Crippen molar-refractivity contribution in [1.82, 2.24) is 0 Å². The van der Waals surface area contributed by atoms with Crippen molar-refractivity contribution in [1.29, 1.82) is 0 Å². The Morgan fingerprint density at radius 2 is 1.36 bits per heavy atom. The fraction of sp³-hybridized carbons (Fsp3) is 0.304. The maximum Gasteiger partial charge on any atom is 0.127 e. The third-order valence-corrected chi connectivity index (χ3v) is 4.86. The molecule has 0 unspecified atom stereocenters.